The largest absolute Gasteiger partial charge is 0.293 e. The van der Waals surface area contributed by atoms with E-state index in [9.17, 15) is 4.79 Å². The Kier molecular flexibility index (Phi) is 7.84. The van der Waals surface area contributed by atoms with E-state index < -0.39 is 0 Å². The SMILES string of the molecule is CCCCCCCCCC(=O)c1sc(C)cc1Br. The van der Waals surface area contributed by atoms with Crippen LogP contribution in [0.5, 0.6) is 0 Å². The average molecular weight is 331 g/mol. The van der Waals surface area contributed by atoms with Gasteiger partial charge in [-0.3, -0.25) is 4.79 Å². The molecule has 0 aliphatic rings. The molecular weight excluding hydrogens is 308 g/mol. The monoisotopic (exact) mass is 330 g/mol. The number of Topliss-reactive ketones (excluding diaryl/α,β-unsaturated/α-hetero) is 1. The lowest BCUT2D eigenvalue weighted by atomic mass is 10.1. The number of aryl methyl sites for hydroxylation is 1. The first-order valence-corrected chi connectivity index (χ1v) is 8.55. The van der Waals surface area contributed by atoms with Crippen LogP contribution >= 0.6 is 27.3 Å². The molecule has 1 rings (SSSR count). The Labute approximate surface area is 123 Å². The van der Waals surface area contributed by atoms with Crippen LogP contribution in [0.1, 0.15) is 72.8 Å². The normalized spacial score (nSPS) is 10.8. The molecule has 0 fully saturated rings. The van der Waals surface area contributed by atoms with Crippen LogP contribution in [0.25, 0.3) is 0 Å². The summed E-state index contributed by atoms with van der Waals surface area (Å²) in [6, 6.07) is 2.03. The van der Waals surface area contributed by atoms with Crippen molar-refractivity contribution in [2.24, 2.45) is 0 Å². The van der Waals surface area contributed by atoms with Gasteiger partial charge >= 0.3 is 0 Å². The zero-order chi connectivity index (χ0) is 13.4. The highest BCUT2D eigenvalue weighted by Gasteiger charge is 2.12. The molecule has 3 heteroatoms. The molecule has 1 aromatic heterocycles. The summed E-state index contributed by atoms with van der Waals surface area (Å²) in [5.74, 6) is 0.300. The number of hydrogen-bond acceptors (Lipinski definition) is 2. The minimum atomic E-state index is 0.300. The summed E-state index contributed by atoms with van der Waals surface area (Å²) < 4.78 is 0.970. The fraction of sp³-hybridized carbons (Fsp3) is 0.667. The van der Waals surface area contributed by atoms with Crippen LogP contribution in [-0.4, -0.2) is 5.78 Å². The van der Waals surface area contributed by atoms with Crippen LogP contribution in [0.4, 0.5) is 0 Å². The minimum absolute atomic E-state index is 0.300. The lowest BCUT2D eigenvalue weighted by Gasteiger charge is -2.01. The first-order chi connectivity index (χ1) is 8.65. The van der Waals surface area contributed by atoms with Crippen molar-refractivity contribution in [2.45, 2.75) is 65.2 Å². The lowest BCUT2D eigenvalue weighted by molar-refractivity contribution is 0.0982. The first-order valence-electron chi connectivity index (χ1n) is 6.94. The standard InChI is InChI=1S/C15H23BrOS/c1-3-4-5-6-7-8-9-10-14(17)15-13(16)11-12(2)18-15/h11H,3-10H2,1-2H3. The predicted molar refractivity (Wildman–Crippen MR) is 83.7 cm³/mol. The number of halogens is 1. The fourth-order valence-electron chi connectivity index (χ4n) is 2.03. The molecule has 0 spiro atoms. The molecular formula is C15H23BrOS. The molecule has 0 aliphatic carbocycles. The molecule has 1 aromatic rings. The van der Waals surface area contributed by atoms with Gasteiger partial charge in [0.05, 0.1) is 4.88 Å². The lowest BCUT2D eigenvalue weighted by Crippen LogP contribution is -1.96. The molecule has 1 heterocycles. The number of carbonyl (C=O) groups excluding carboxylic acids is 1. The molecule has 0 radical (unpaired) electrons. The quantitative estimate of drug-likeness (QED) is 0.392. The first kappa shape index (κ1) is 15.9. The summed E-state index contributed by atoms with van der Waals surface area (Å²) in [7, 11) is 0. The maximum absolute atomic E-state index is 12.0. The van der Waals surface area contributed by atoms with Gasteiger partial charge < -0.3 is 0 Å². The van der Waals surface area contributed by atoms with E-state index in [1.807, 2.05) is 13.0 Å². The van der Waals surface area contributed by atoms with Crippen molar-refractivity contribution >= 4 is 33.0 Å². The van der Waals surface area contributed by atoms with Gasteiger partial charge in [-0.15, -0.1) is 11.3 Å². The van der Waals surface area contributed by atoms with E-state index >= 15 is 0 Å². The van der Waals surface area contributed by atoms with E-state index in [4.69, 9.17) is 0 Å². The third-order valence-corrected chi connectivity index (χ3v) is 5.05. The molecule has 0 N–H and O–H groups in total. The fourth-order valence-corrected chi connectivity index (χ4v) is 3.86. The summed E-state index contributed by atoms with van der Waals surface area (Å²) in [6.07, 6.45) is 9.52. The number of carbonyl (C=O) groups is 1. The van der Waals surface area contributed by atoms with E-state index in [1.165, 1.54) is 43.4 Å². The number of hydrogen-bond donors (Lipinski definition) is 0. The van der Waals surface area contributed by atoms with Crippen molar-refractivity contribution in [1.82, 2.24) is 0 Å². The van der Waals surface area contributed by atoms with Crippen LogP contribution < -0.4 is 0 Å². The summed E-state index contributed by atoms with van der Waals surface area (Å²) in [5.41, 5.74) is 0. The summed E-state index contributed by atoms with van der Waals surface area (Å²) >= 11 is 5.06. The van der Waals surface area contributed by atoms with E-state index in [2.05, 4.69) is 22.9 Å². The maximum Gasteiger partial charge on any atom is 0.173 e. The van der Waals surface area contributed by atoms with Crippen LogP contribution in [0.3, 0.4) is 0 Å². The van der Waals surface area contributed by atoms with Gasteiger partial charge in [0, 0.05) is 15.8 Å². The van der Waals surface area contributed by atoms with Crippen LogP contribution in [0.15, 0.2) is 10.5 Å². The zero-order valence-corrected chi connectivity index (χ0v) is 13.8. The number of rotatable bonds is 9. The second kappa shape index (κ2) is 8.87. The van der Waals surface area contributed by atoms with Gasteiger partial charge in [-0.05, 0) is 35.3 Å². The Bertz CT molecular complexity index is 371. The van der Waals surface area contributed by atoms with Gasteiger partial charge in [0.1, 0.15) is 0 Å². The van der Waals surface area contributed by atoms with Gasteiger partial charge in [-0.1, -0.05) is 45.4 Å². The third kappa shape index (κ3) is 5.66. The number of thiophene rings is 1. The summed E-state index contributed by atoms with van der Waals surface area (Å²) in [4.78, 5) is 14.1. The van der Waals surface area contributed by atoms with E-state index in [1.54, 1.807) is 11.3 Å². The molecule has 18 heavy (non-hydrogen) atoms. The van der Waals surface area contributed by atoms with Crippen molar-refractivity contribution in [3.63, 3.8) is 0 Å². The minimum Gasteiger partial charge on any atom is -0.293 e. The number of ketones is 1. The van der Waals surface area contributed by atoms with E-state index in [-0.39, 0.29) is 0 Å². The molecule has 102 valence electrons. The Hall–Kier alpha value is -0.150. The second-order valence-corrected chi connectivity index (χ2v) is 6.94. The van der Waals surface area contributed by atoms with Crippen molar-refractivity contribution < 1.29 is 4.79 Å². The summed E-state index contributed by atoms with van der Waals surface area (Å²) in [6.45, 7) is 4.28. The van der Waals surface area contributed by atoms with Crippen molar-refractivity contribution in [1.29, 1.82) is 0 Å². The van der Waals surface area contributed by atoms with Gasteiger partial charge in [-0.2, -0.15) is 0 Å². The third-order valence-electron chi connectivity index (χ3n) is 3.07. The van der Waals surface area contributed by atoms with Gasteiger partial charge in [-0.25, -0.2) is 0 Å². The predicted octanol–water partition coefficient (Wildman–Crippen LogP) is 6.14. The van der Waals surface area contributed by atoms with Crippen molar-refractivity contribution in [2.75, 3.05) is 0 Å². The molecule has 0 unspecified atom stereocenters. The van der Waals surface area contributed by atoms with Gasteiger partial charge in [0.15, 0.2) is 5.78 Å². The summed E-state index contributed by atoms with van der Waals surface area (Å²) in [5, 5.41) is 0. The molecule has 0 atom stereocenters. The average Bonchev–Trinajstić information content (AvgIpc) is 2.67. The second-order valence-electron chi connectivity index (χ2n) is 4.83. The Morgan fingerprint density at radius 3 is 2.33 bits per heavy atom. The smallest absolute Gasteiger partial charge is 0.173 e. The molecule has 0 aromatic carbocycles. The highest BCUT2D eigenvalue weighted by atomic mass is 79.9. The number of unbranched alkanes of at least 4 members (excludes halogenated alkanes) is 6. The molecule has 0 saturated heterocycles. The van der Waals surface area contributed by atoms with E-state index in [0.717, 1.165) is 15.8 Å². The van der Waals surface area contributed by atoms with Gasteiger partial charge in [0.2, 0.25) is 0 Å². The van der Waals surface area contributed by atoms with Gasteiger partial charge in [0.25, 0.3) is 0 Å². The highest BCUT2D eigenvalue weighted by molar-refractivity contribution is 9.10. The van der Waals surface area contributed by atoms with Crippen molar-refractivity contribution in [3.05, 3.63) is 20.3 Å². The Morgan fingerprint density at radius 1 is 1.17 bits per heavy atom. The van der Waals surface area contributed by atoms with Crippen LogP contribution in [-0.2, 0) is 0 Å². The van der Waals surface area contributed by atoms with E-state index in [0.29, 0.717) is 12.2 Å². The highest BCUT2D eigenvalue weighted by Crippen LogP contribution is 2.28. The topological polar surface area (TPSA) is 17.1 Å². The molecule has 1 nitrogen and oxygen atoms in total. The Balaban J connectivity index is 2.16. The van der Waals surface area contributed by atoms with Crippen LogP contribution in [0, 0.1) is 6.92 Å². The Morgan fingerprint density at radius 2 is 1.78 bits per heavy atom. The zero-order valence-electron chi connectivity index (χ0n) is 11.4. The molecule has 0 amide bonds. The maximum atomic E-state index is 12.0. The van der Waals surface area contributed by atoms with Crippen molar-refractivity contribution in [3.8, 4) is 0 Å². The molecule has 0 saturated carbocycles. The van der Waals surface area contributed by atoms with Crippen LogP contribution in [0.2, 0.25) is 0 Å². The molecule has 0 bridgehead atoms. The molecule has 0 aliphatic heterocycles.